The highest BCUT2D eigenvalue weighted by Gasteiger charge is 2.39. The predicted octanol–water partition coefficient (Wildman–Crippen LogP) is 4.35. The molecule has 0 saturated heterocycles. The van der Waals surface area contributed by atoms with Crippen molar-refractivity contribution in [1.29, 1.82) is 0 Å². The van der Waals surface area contributed by atoms with Crippen LogP contribution in [0, 0.1) is 16.0 Å². The van der Waals surface area contributed by atoms with Crippen molar-refractivity contribution in [2.45, 2.75) is 32.6 Å². The zero-order valence-electron chi connectivity index (χ0n) is 15.9. The summed E-state index contributed by atoms with van der Waals surface area (Å²) in [5.41, 5.74) is -1.51. The van der Waals surface area contributed by atoms with Gasteiger partial charge in [-0.15, -0.1) is 0 Å². The van der Waals surface area contributed by atoms with E-state index in [1.807, 2.05) is 0 Å². The first-order valence-corrected chi connectivity index (χ1v) is 8.94. The number of rotatable bonds is 5. The van der Waals surface area contributed by atoms with Gasteiger partial charge in [0, 0.05) is 24.2 Å². The molecule has 10 heteroatoms. The molecule has 1 heterocycles. The van der Waals surface area contributed by atoms with Gasteiger partial charge >= 0.3 is 12.1 Å². The number of carbonyl (C=O) groups excluding carboxylic acids is 1. The van der Waals surface area contributed by atoms with Gasteiger partial charge in [0.15, 0.2) is 0 Å². The van der Waals surface area contributed by atoms with Gasteiger partial charge in [-0.2, -0.15) is 13.2 Å². The molecule has 30 heavy (non-hydrogen) atoms. The lowest BCUT2D eigenvalue weighted by atomic mass is 9.95. The van der Waals surface area contributed by atoms with Crippen molar-refractivity contribution in [2.75, 3.05) is 0 Å². The fourth-order valence-corrected chi connectivity index (χ4v) is 3.63. The number of nitro benzene ring substituents is 1. The average molecular weight is 422 g/mol. The molecule has 1 aliphatic heterocycles. The summed E-state index contributed by atoms with van der Waals surface area (Å²) in [5.74, 6) is -2.11. The number of non-ortho nitro benzene ring substituents is 1. The van der Waals surface area contributed by atoms with Crippen molar-refractivity contribution in [3.8, 4) is 11.1 Å². The number of nitro groups is 1. The molecule has 0 radical (unpaired) electrons. The maximum absolute atomic E-state index is 13.5. The van der Waals surface area contributed by atoms with E-state index in [0.717, 1.165) is 12.1 Å². The number of hydrogen-bond donors (Lipinski definition) is 1. The van der Waals surface area contributed by atoms with Crippen LogP contribution in [0.1, 0.15) is 35.3 Å². The minimum atomic E-state index is -4.84. The van der Waals surface area contributed by atoms with Crippen LogP contribution in [0.3, 0.4) is 0 Å². The number of alkyl halides is 3. The standard InChI is InChI=1S/C20H17F3N2O5/c1-10(2)17(19(27)28)24-9-12-4-3-11(7-15(12)18(24)26)14-6-5-13(25(29)30)8-16(14)20(21,22)23/h3-8,10,17H,9H2,1-2H3,(H,27,28). The Kier molecular flexibility index (Phi) is 5.27. The molecule has 2 aromatic carbocycles. The molecular formula is C20H17F3N2O5. The molecule has 0 bridgehead atoms. The van der Waals surface area contributed by atoms with E-state index in [4.69, 9.17) is 0 Å². The monoisotopic (exact) mass is 422 g/mol. The highest BCUT2D eigenvalue weighted by molar-refractivity contribution is 6.01. The molecule has 1 aliphatic rings. The summed E-state index contributed by atoms with van der Waals surface area (Å²) in [6, 6.07) is 5.47. The maximum Gasteiger partial charge on any atom is 0.417 e. The third-order valence-electron chi connectivity index (χ3n) is 4.99. The van der Waals surface area contributed by atoms with E-state index < -0.39 is 40.3 Å². The van der Waals surface area contributed by atoms with E-state index in [-0.39, 0.29) is 29.2 Å². The summed E-state index contributed by atoms with van der Waals surface area (Å²) in [4.78, 5) is 35.5. The lowest BCUT2D eigenvalue weighted by Gasteiger charge is -2.27. The lowest BCUT2D eigenvalue weighted by molar-refractivity contribution is -0.385. The molecular weight excluding hydrogens is 405 g/mol. The Balaban J connectivity index is 2.07. The number of benzene rings is 2. The van der Waals surface area contributed by atoms with E-state index in [1.54, 1.807) is 13.8 Å². The largest absolute Gasteiger partial charge is 0.480 e. The molecule has 7 nitrogen and oxygen atoms in total. The summed E-state index contributed by atoms with van der Waals surface area (Å²) in [7, 11) is 0. The number of carbonyl (C=O) groups is 2. The highest BCUT2D eigenvalue weighted by atomic mass is 19.4. The van der Waals surface area contributed by atoms with Gasteiger partial charge in [-0.1, -0.05) is 26.0 Å². The highest BCUT2D eigenvalue weighted by Crippen LogP contribution is 2.40. The van der Waals surface area contributed by atoms with Gasteiger partial charge < -0.3 is 10.0 Å². The molecule has 0 fully saturated rings. The molecule has 1 atom stereocenters. The molecule has 1 N–H and O–H groups in total. The normalized spacial score (nSPS) is 14.7. The Morgan fingerprint density at radius 1 is 1.17 bits per heavy atom. The average Bonchev–Trinajstić information content (AvgIpc) is 2.95. The Bertz CT molecular complexity index is 1050. The number of nitrogens with zero attached hydrogens (tertiary/aromatic N) is 2. The fraction of sp³-hybridized carbons (Fsp3) is 0.300. The SMILES string of the molecule is CC(C)C(C(=O)O)N1Cc2ccc(-c3ccc([N+](=O)[O-])cc3C(F)(F)F)cc2C1=O. The van der Waals surface area contributed by atoms with Crippen LogP contribution in [0.25, 0.3) is 11.1 Å². The van der Waals surface area contributed by atoms with E-state index in [0.29, 0.717) is 11.6 Å². The molecule has 158 valence electrons. The minimum absolute atomic E-state index is 0.0377. The molecule has 3 rings (SSSR count). The van der Waals surface area contributed by atoms with Gasteiger partial charge in [-0.05, 0) is 34.7 Å². The Labute approximate surface area is 168 Å². The van der Waals surface area contributed by atoms with Crippen LogP contribution in [0.2, 0.25) is 0 Å². The van der Waals surface area contributed by atoms with Gasteiger partial charge in [-0.3, -0.25) is 14.9 Å². The summed E-state index contributed by atoms with van der Waals surface area (Å²) >= 11 is 0. The molecule has 0 aliphatic carbocycles. The number of amides is 1. The molecule has 0 saturated carbocycles. The topological polar surface area (TPSA) is 101 Å². The first-order chi connectivity index (χ1) is 13.9. The first-order valence-electron chi connectivity index (χ1n) is 8.94. The zero-order valence-corrected chi connectivity index (χ0v) is 15.9. The number of aliphatic carboxylic acids is 1. The second-order valence-corrected chi connectivity index (χ2v) is 7.32. The molecule has 0 aromatic heterocycles. The minimum Gasteiger partial charge on any atom is -0.480 e. The van der Waals surface area contributed by atoms with Crippen LogP contribution in [0.4, 0.5) is 18.9 Å². The van der Waals surface area contributed by atoms with E-state index in [1.165, 1.54) is 23.1 Å². The fourth-order valence-electron chi connectivity index (χ4n) is 3.63. The van der Waals surface area contributed by atoms with E-state index in [9.17, 15) is 38.0 Å². The van der Waals surface area contributed by atoms with Gasteiger partial charge in [0.05, 0.1) is 10.5 Å². The van der Waals surface area contributed by atoms with Crippen LogP contribution >= 0.6 is 0 Å². The van der Waals surface area contributed by atoms with Crippen LogP contribution in [-0.2, 0) is 17.5 Å². The van der Waals surface area contributed by atoms with Crippen molar-refractivity contribution >= 4 is 17.6 Å². The van der Waals surface area contributed by atoms with Gasteiger partial charge in [0.1, 0.15) is 6.04 Å². The second-order valence-electron chi connectivity index (χ2n) is 7.32. The Morgan fingerprint density at radius 2 is 1.83 bits per heavy atom. The van der Waals surface area contributed by atoms with Crippen LogP contribution in [0.15, 0.2) is 36.4 Å². The van der Waals surface area contributed by atoms with Crippen molar-refractivity contribution in [2.24, 2.45) is 5.92 Å². The molecule has 1 unspecified atom stereocenters. The van der Waals surface area contributed by atoms with Crippen molar-refractivity contribution in [3.05, 3.63) is 63.2 Å². The van der Waals surface area contributed by atoms with E-state index >= 15 is 0 Å². The number of hydrogen-bond acceptors (Lipinski definition) is 4. The number of carboxylic acids is 1. The third-order valence-corrected chi connectivity index (χ3v) is 4.99. The van der Waals surface area contributed by atoms with Gasteiger partial charge in [-0.25, -0.2) is 4.79 Å². The van der Waals surface area contributed by atoms with Crippen molar-refractivity contribution in [3.63, 3.8) is 0 Å². The van der Waals surface area contributed by atoms with Crippen LogP contribution < -0.4 is 0 Å². The third kappa shape index (κ3) is 3.72. The van der Waals surface area contributed by atoms with Gasteiger partial charge in [0.25, 0.3) is 11.6 Å². The number of fused-ring (bicyclic) bond motifs is 1. The van der Waals surface area contributed by atoms with Crippen LogP contribution in [-0.4, -0.2) is 32.8 Å². The first kappa shape index (κ1) is 21.3. The quantitative estimate of drug-likeness (QED) is 0.570. The summed E-state index contributed by atoms with van der Waals surface area (Å²) in [6.07, 6.45) is -4.84. The number of halogens is 3. The van der Waals surface area contributed by atoms with E-state index in [2.05, 4.69) is 0 Å². The molecule has 1 amide bonds. The lowest BCUT2D eigenvalue weighted by Crippen LogP contribution is -2.44. The Morgan fingerprint density at radius 3 is 2.37 bits per heavy atom. The summed E-state index contributed by atoms with van der Waals surface area (Å²) < 4.78 is 40.5. The smallest absolute Gasteiger partial charge is 0.417 e. The van der Waals surface area contributed by atoms with Crippen LogP contribution in [0.5, 0.6) is 0 Å². The molecule has 2 aromatic rings. The number of carboxylic acid groups (broad SMARTS) is 1. The molecule has 0 spiro atoms. The van der Waals surface area contributed by atoms with Crippen molar-refractivity contribution in [1.82, 2.24) is 4.90 Å². The van der Waals surface area contributed by atoms with Gasteiger partial charge in [0.2, 0.25) is 0 Å². The van der Waals surface area contributed by atoms with Crippen molar-refractivity contribution < 1.29 is 32.8 Å². The Hall–Kier alpha value is -3.43. The maximum atomic E-state index is 13.5. The zero-order chi connectivity index (χ0) is 22.4. The second kappa shape index (κ2) is 7.43. The summed E-state index contributed by atoms with van der Waals surface area (Å²) in [6.45, 7) is 3.36. The predicted molar refractivity (Wildman–Crippen MR) is 99.7 cm³/mol. The summed E-state index contributed by atoms with van der Waals surface area (Å²) in [5, 5.41) is 20.3.